The molecular weight excluding hydrogens is 186 g/mol. The second kappa shape index (κ2) is 6.59. The number of nitrogens with two attached hydrogens (primary N) is 1. The lowest BCUT2D eigenvalue weighted by molar-refractivity contribution is 0.113. The molecule has 2 heteroatoms. The van der Waals surface area contributed by atoms with E-state index in [0.29, 0.717) is 12.5 Å². The van der Waals surface area contributed by atoms with Gasteiger partial charge in [-0.3, -0.25) is 0 Å². The van der Waals surface area contributed by atoms with E-state index in [1.807, 2.05) is 6.92 Å². The van der Waals surface area contributed by atoms with E-state index < -0.39 is 0 Å². The lowest BCUT2D eigenvalue weighted by atomic mass is 9.97. The van der Waals surface area contributed by atoms with E-state index in [1.165, 1.54) is 11.1 Å². The third-order valence-electron chi connectivity index (χ3n) is 2.66. The summed E-state index contributed by atoms with van der Waals surface area (Å²) in [5.41, 5.74) is 8.45. The van der Waals surface area contributed by atoms with Gasteiger partial charge in [0.1, 0.15) is 0 Å². The Hall–Kier alpha value is -0.860. The zero-order valence-corrected chi connectivity index (χ0v) is 9.70. The van der Waals surface area contributed by atoms with Crippen LogP contribution in [0.15, 0.2) is 24.3 Å². The van der Waals surface area contributed by atoms with Gasteiger partial charge in [0.25, 0.3) is 0 Å². The quantitative estimate of drug-likeness (QED) is 0.775. The standard InChI is InChI=1S/C13H21NO/c1-3-15-10-12(9-14)8-13-7-5-4-6-11(13)2/h4-7,12H,3,8-10,14H2,1-2H3. The maximum atomic E-state index is 5.73. The molecule has 0 fully saturated rings. The largest absolute Gasteiger partial charge is 0.381 e. The number of benzene rings is 1. The minimum atomic E-state index is 0.436. The molecule has 2 N–H and O–H groups in total. The van der Waals surface area contributed by atoms with Gasteiger partial charge in [0.15, 0.2) is 0 Å². The summed E-state index contributed by atoms with van der Waals surface area (Å²) in [6, 6.07) is 8.46. The van der Waals surface area contributed by atoms with Crippen LogP contribution in [0.3, 0.4) is 0 Å². The van der Waals surface area contributed by atoms with Crippen molar-refractivity contribution in [3.05, 3.63) is 35.4 Å². The Morgan fingerprint density at radius 3 is 2.67 bits per heavy atom. The molecule has 1 rings (SSSR count). The predicted molar refractivity (Wildman–Crippen MR) is 63.9 cm³/mol. The van der Waals surface area contributed by atoms with Gasteiger partial charge in [0, 0.05) is 6.61 Å². The van der Waals surface area contributed by atoms with Gasteiger partial charge in [-0.2, -0.15) is 0 Å². The Balaban J connectivity index is 2.54. The first-order valence-corrected chi connectivity index (χ1v) is 5.60. The van der Waals surface area contributed by atoms with E-state index in [-0.39, 0.29) is 0 Å². The maximum absolute atomic E-state index is 5.73. The molecule has 1 aromatic carbocycles. The Bertz CT molecular complexity index is 286. The zero-order valence-electron chi connectivity index (χ0n) is 9.70. The number of ether oxygens (including phenoxy) is 1. The van der Waals surface area contributed by atoms with Gasteiger partial charge in [-0.15, -0.1) is 0 Å². The van der Waals surface area contributed by atoms with Gasteiger partial charge in [0.05, 0.1) is 6.61 Å². The summed E-state index contributed by atoms with van der Waals surface area (Å²) in [6.45, 7) is 6.38. The maximum Gasteiger partial charge on any atom is 0.0509 e. The highest BCUT2D eigenvalue weighted by Gasteiger charge is 2.08. The molecule has 0 bridgehead atoms. The van der Waals surface area contributed by atoms with E-state index >= 15 is 0 Å². The fourth-order valence-electron chi connectivity index (χ4n) is 1.64. The van der Waals surface area contributed by atoms with Crippen molar-refractivity contribution in [1.82, 2.24) is 0 Å². The van der Waals surface area contributed by atoms with E-state index in [1.54, 1.807) is 0 Å². The van der Waals surface area contributed by atoms with Crippen molar-refractivity contribution >= 4 is 0 Å². The van der Waals surface area contributed by atoms with Crippen molar-refractivity contribution in [2.24, 2.45) is 11.7 Å². The van der Waals surface area contributed by atoms with Crippen LogP contribution in [0.1, 0.15) is 18.1 Å². The van der Waals surface area contributed by atoms with Crippen molar-refractivity contribution in [3.63, 3.8) is 0 Å². The Labute approximate surface area is 92.4 Å². The minimum Gasteiger partial charge on any atom is -0.381 e. The first-order valence-electron chi connectivity index (χ1n) is 5.60. The molecule has 1 aromatic rings. The molecule has 0 aliphatic carbocycles. The number of hydrogen-bond donors (Lipinski definition) is 1. The van der Waals surface area contributed by atoms with E-state index in [2.05, 4.69) is 31.2 Å². The number of hydrogen-bond acceptors (Lipinski definition) is 2. The zero-order chi connectivity index (χ0) is 11.1. The lowest BCUT2D eigenvalue weighted by Crippen LogP contribution is -2.22. The summed E-state index contributed by atoms with van der Waals surface area (Å²) in [7, 11) is 0. The van der Waals surface area contributed by atoms with Crippen LogP contribution in [-0.2, 0) is 11.2 Å². The Morgan fingerprint density at radius 1 is 1.33 bits per heavy atom. The smallest absolute Gasteiger partial charge is 0.0509 e. The van der Waals surface area contributed by atoms with Crippen molar-refractivity contribution < 1.29 is 4.74 Å². The summed E-state index contributed by atoms with van der Waals surface area (Å²) in [6.07, 6.45) is 1.02. The molecule has 1 unspecified atom stereocenters. The van der Waals surface area contributed by atoms with Gasteiger partial charge in [-0.25, -0.2) is 0 Å². The molecule has 0 spiro atoms. The third kappa shape index (κ3) is 4.02. The fourth-order valence-corrected chi connectivity index (χ4v) is 1.64. The molecule has 0 saturated heterocycles. The predicted octanol–water partition coefficient (Wildman–Crippen LogP) is 2.15. The highest BCUT2D eigenvalue weighted by molar-refractivity contribution is 5.25. The van der Waals surface area contributed by atoms with Crippen molar-refractivity contribution in [2.45, 2.75) is 20.3 Å². The van der Waals surface area contributed by atoms with Gasteiger partial charge in [-0.05, 0) is 43.9 Å². The molecule has 2 nitrogen and oxygen atoms in total. The van der Waals surface area contributed by atoms with E-state index in [9.17, 15) is 0 Å². The molecule has 15 heavy (non-hydrogen) atoms. The van der Waals surface area contributed by atoms with Crippen LogP contribution in [0.25, 0.3) is 0 Å². The van der Waals surface area contributed by atoms with Gasteiger partial charge >= 0.3 is 0 Å². The minimum absolute atomic E-state index is 0.436. The average Bonchev–Trinajstić information content (AvgIpc) is 2.26. The molecule has 0 aliphatic rings. The van der Waals surface area contributed by atoms with Gasteiger partial charge in [-0.1, -0.05) is 24.3 Å². The lowest BCUT2D eigenvalue weighted by Gasteiger charge is -2.15. The first kappa shape index (κ1) is 12.2. The van der Waals surface area contributed by atoms with Crippen molar-refractivity contribution in [1.29, 1.82) is 0 Å². The van der Waals surface area contributed by atoms with Crippen LogP contribution in [0.4, 0.5) is 0 Å². The molecule has 84 valence electrons. The van der Waals surface area contributed by atoms with Crippen LogP contribution in [0, 0.1) is 12.8 Å². The topological polar surface area (TPSA) is 35.2 Å². The number of rotatable bonds is 6. The van der Waals surface area contributed by atoms with Crippen molar-refractivity contribution in [3.8, 4) is 0 Å². The first-order chi connectivity index (χ1) is 7.27. The molecule has 0 radical (unpaired) electrons. The molecule has 0 heterocycles. The van der Waals surface area contributed by atoms with Crippen LogP contribution in [0.5, 0.6) is 0 Å². The normalized spacial score (nSPS) is 12.7. The Morgan fingerprint density at radius 2 is 2.07 bits per heavy atom. The fraction of sp³-hybridized carbons (Fsp3) is 0.538. The molecule has 1 atom stereocenters. The number of aryl methyl sites for hydroxylation is 1. The second-order valence-electron chi connectivity index (χ2n) is 3.89. The molecule has 0 aliphatic heterocycles. The molecular formula is C13H21NO. The van der Waals surface area contributed by atoms with Crippen LogP contribution in [-0.4, -0.2) is 19.8 Å². The molecule has 0 amide bonds. The third-order valence-corrected chi connectivity index (χ3v) is 2.66. The van der Waals surface area contributed by atoms with E-state index in [0.717, 1.165) is 19.6 Å². The van der Waals surface area contributed by atoms with Crippen molar-refractivity contribution in [2.75, 3.05) is 19.8 Å². The van der Waals surface area contributed by atoms with Gasteiger partial charge in [0.2, 0.25) is 0 Å². The summed E-state index contributed by atoms with van der Waals surface area (Å²) in [5.74, 6) is 0.436. The highest BCUT2D eigenvalue weighted by Crippen LogP contribution is 2.13. The summed E-state index contributed by atoms with van der Waals surface area (Å²) < 4.78 is 5.42. The van der Waals surface area contributed by atoms with Crippen LogP contribution < -0.4 is 5.73 Å². The Kier molecular flexibility index (Phi) is 5.37. The highest BCUT2D eigenvalue weighted by atomic mass is 16.5. The van der Waals surface area contributed by atoms with Crippen LogP contribution >= 0.6 is 0 Å². The second-order valence-corrected chi connectivity index (χ2v) is 3.89. The van der Waals surface area contributed by atoms with Gasteiger partial charge < -0.3 is 10.5 Å². The summed E-state index contributed by atoms with van der Waals surface area (Å²) in [4.78, 5) is 0. The average molecular weight is 207 g/mol. The monoisotopic (exact) mass is 207 g/mol. The summed E-state index contributed by atoms with van der Waals surface area (Å²) >= 11 is 0. The molecule has 0 aromatic heterocycles. The SMILES string of the molecule is CCOCC(CN)Cc1ccccc1C. The summed E-state index contributed by atoms with van der Waals surface area (Å²) in [5, 5.41) is 0. The molecule has 0 saturated carbocycles. The van der Waals surface area contributed by atoms with E-state index in [4.69, 9.17) is 10.5 Å². The van der Waals surface area contributed by atoms with Crippen LogP contribution in [0.2, 0.25) is 0 Å².